The van der Waals surface area contributed by atoms with Crippen LogP contribution in [0.3, 0.4) is 0 Å². The summed E-state index contributed by atoms with van der Waals surface area (Å²) in [6, 6.07) is 17.8. The van der Waals surface area contributed by atoms with Crippen molar-refractivity contribution >= 4 is 18.2 Å². The minimum atomic E-state index is -0.883. The number of benzene rings is 2. The van der Waals surface area contributed by atoms with E-state index in [-0.39, 0.29) is 13.0 Å². The number of amides is 2. The molecule has 3 rings (SSSR count). The fourth-order valence-electron chi connectivity index (χ4n) is 2.52. The summed E-state index contributed by atoms with van der Waals surface area (Å²) >= 11 is 0. The molecule has 0 fully saturated rings. The topological polar surface area (TPSA) is 108 Å². The van der Waals surface area contributed by atoms with Gasteiger partial charge >= 0.3 is 6.09 Å². The first kappa shape index (κ1) is 19.8. The van der Waals surface area contributed by atoms with Gasteiger partial charge in [-0.3, -0.25) is 4.79 Å². The van der Waals surface area contributed by atoms with Gasteiger partial charge in [0.05, 0.1) is 12.5 Å². The molecular formula is C21H21N5O3. The number of nitrogens with one attached hydrogen (secondary N) is 3. The first-order valence-electron chi connectivity index (χ1n) is 9.03. The molecular weight excluding hydrogens is 370 g/mol. The standard InChI is InChI=1S/C21H21N5O3/c27-20(26-24-12-16-7-3-1-4-8-16)19(11-18-13-22-15-23-18)25-21(28)29-14-17-9-5-2-6-10-17/h1-10,12-13,15,19H,11,14H2,(H,22,23)(H,25,28)(H,26,27)/b24-12-/t19-/m0/s1. The zero-order chi connectivity index (χ0) is 20.3. The monoisotopic (exact) mass is 391 g/mol. The molecule has 0 aliphatic rings. The number of aromatic nitrogens is 2. The van der Waals surface area contributed by atoms with Crippen molar-refractivity contribution in [1.29, 1.82) is 0 Å². The lowest BCUT2D eigenvalue weighted by atomic mass is 10.1. The minimum Gasteiger partial charge on any atom is -0.445 e. The van der Waals surface area contributed by atoms with Gasteiger partial charge in [-0.2, -0.15) is 5.10 Å². The van der Waals surface area contributed by atoms with E-state index in [2.05, 4.69) is 25.8 Å². The van der Waals surface area contributed by atoms with Gasteiger partial charge in [-0.1, -0.05) is 60.7 Å². The number of alkyl carbamates (subject to hydrolysis) is 1. The molecule has 29 heavy (non-hydrogen) atoms. The Morgan fingerprint density at radius 1 is 1.10 bits per heavy atom. The van der Waals surface area contributed by atoms with Crippen molar-refractivity contribution in [3.8, 4) is 0 Å². The highest BCUT2D eigenvalue weighted by Gasteiger charge is 2.22. The van der Waals surface area contributed by atoms with E-state index in [1.807, 2.05) is 60.7 Å². The Balaban J connectivity index is 1.58. The average molecular weight is 391 g/mol. The molecule has 1 aromatic heterocycles. The molecule has 3 aromatic rings. The van der Waals surface area contributed by atoms with Crippen molar-refractivity contribution in [3.63, 3.8) is 0 Å². The first-order chi connectivity index (χ1) is 14.2. The second-order valence-electron chi connectivity index (χ2n) is 6.18. The van der Waals surface area contributed by atoms with E-state index in [0.717, 1.165) is 11.1 Å². The van der Waals surface area contributed by atoms with Crippen LogP contribution in [0.4, 0.5) is 4.79 Å². The second-order valence-corrected chi connectivity index (χ2v) is 6.18. The van der Waals surface area contributed by atoms with E-state index in [9.17, 15) is 9.59 Å². The molecule has 0 bridgehead atoms. The Bertz CT molecular complexity index is 927. The molecule has 8 nitrogen and oxygen atoms in total. The zero-order valence-electron chi connectivity index (χ0n) is 15.6. The highest BCUT2D eigenvalue weighted by molar-refractivity contribution is 5.87. The van der Waals surface area contributed by atoms with Crippen molar-refractivity contribution in [2.75, 3.05) is 0 Å². The lowest BCUT2D eigenvalue weighted by Crippen LogP contribution is -2.47. The van der Waals surface area contributed by atoms with Gasteiger partial charge in [0.25, 0.3) is 5.91 Å². The number of H-pyrrole nitrogens is 1. The summed E-state index contributed by atoms with van der Waals surface area (Å²) in [5.74, 6) is -0.469. The summed E-state index contributed by atoms with van der Waals surface area (Å²) in [6.07, 6.45) is 4.14. The molecule has 8 heteroatoms. The highest BCUT2D eigenvalue weighted by atomic mass is 16.5. The van der Waals surface area contributed by atoms with Crippen LogP contribution in [-0.2, 0) is 22.6 Å². The summed E-state index contributed by atoms with van der Waals surface area (Å²) in [4.78, 5) is 31.6. The number of hydrogen-bond donors (Lipinski definition) is 3. The third kappa shape index (κ3) is 6.62. The van der Waals surface area contributed by atoms with Crippen LogP contribution in [0.15, 0.2) is 78.3 Å². The van der Waals surface area contributed by atoms with Crippen molar-refractivity contribution in [1.82, 2.24) is 20.7 Å². The van der Waals surface area contributed by atoms with Crippen molar-refractivity contribution in [3.05, 3.63) is 90.0 Å². The molecule has 0 saturated heterocycles. The van der Waals surface area contributed by atoms with E-state index in [4.69, 9.17) is 4.74 Å². The average Bonchev–Trinajstić information content (AvgIpc) is 3.26. The van der Waals surface area contributed by atoms with E-state index in [0.29, 0.717) is 5.69 Å². The Morgan fingerprint density at radius 3 is 2.52 bits per heavy atom. The molecule has 0 aliphatic heterocycles. The maximum atomic E-state index is 12.5. The molecule has 0 spiro atoms. The van der Waals surface area contributed by atoms with Crippen LogP contribution >= 0.6 is 0 Å². The molecule has 0 aliphatic carbocycles. The lowest BCUT2D eigenvalue weighted by Gasteiger charge is -2.16. The maximum absolute atomic E-state index is 12.5. The highest BCUT2D eigenvalue weighted by Crippen LogP contribution is 2.03. The van der Waals surface area contributed by atoms with Crippen LogP contribution in [0.1, 0.15) is 16.8 Å². The van der Waals surface area contributed by atoms with Crippen LogP contribution in [0.25, 0.3) is 0 Å². The number of carbonyl (C=O) groups is 2. The van der Waals surface area contributed by atoms with Gasteiger partial charge in [0.15, 0.2) is 0 Å². The fourth-order valence-corrected chi connectivity index (χ4v) is 2.52. The van der Waals surface area contributed by atoms with Gasteiger partial charge in [0, 0.05) is 18.3 Å². The van der Waals surface area contributed by atoms with E-state index in [1.165, 1.54) is 12.5 Å². The van der Waals surface area contributed by atoms with Crippen LogP contribution in [0.2, 0.25) is 0 Å². The van der Waals surface area contributed by atoms with E-state index >= 15 is 0 Å². The van der Waals surface area contributed by atoms with Gasteiger partial charge in [-0.05, 0) is 11.1 Å². The smallest absolute Gasteiger partial charge is 0.408 e. The number of hydrazone groups is 1. The normalized spacial score (nSPS) is 11.7. The predicted molar refractivity (Wildman–Crippen MR) is 108 cm³/mol. The van der Waals surface area contributed by atoms with Crippen LogP contribution in [0, 0.1) is 0 Å². The fraction of sp³-hybridized carbons (Fsp3) is 0.143. The molecule has 148 valence electrons. The third-order valence-electron chi connectivity index (χ3n) is 3.99. The summed E-state index contributed by atoms with van der Waals surface area (Å²) in [5, 5.41) is 6.53. The van der Waals surface area contributed by atoms with Gasteiger partial charge in [0.2, 0.25) is 0 Å². The Kier molecular flexibility index (Phi) is 7.11. The number of hydrogen-bond acceptors (Lipinski definition) is 5. The molecule has 2 aromatic carbocycles. The van der Waals surface area contributed by atoms with E-state index in [1.54, 1.807) is 6.20 Å². The van der Waals surface area contributed by atoms with Crippen molar-refractivity contribution < 1.29 is 14.3 Å². The number of ether oxygens (including phenoxy) is 1. The molecule has 0 radical (unpaired) electrons. The summed E-state index contributed by atoms with van der Waals surface area (Å²) in [6.45, 7) is 0.108. The van der Waals surface area contributed by atoms with Gasteiger partial charge < -0.3 is 15.0 Å². The van der Waals surface area contributed by atoms with Gasteiger partial charge in [-0.15, -0.1) is 0 Å². The quantitative estimate of drug-likeness (QED) is 0.405. The lowest BCUT2D eigenvalue weighted by molar-refractivity contribution is -0.123. The molecule has 1 atom stereocenters. The number of aromatic amines is 1. The van der Waals surface area contributed by atoms with Crippen LogP contribution < -0.4 is 10.7 Å². The second kappa shape index (κ2) is 10.4. The number of imidazole rings is 1. The summed E-state index contributed by atoms with van der Waals surface area (Å²) < 4.78 is 5.21. The largest absolute Gasteiger partial charge is 0.445 e. The molecule has 3 N–H and O–H groups in total. The van der Waals surface area contributed by atoms with Crippen LogP contribution in [-0.4, -0.2) is 34.2 Å². The van der Waals surface area contributed by atoms with Crippen LogP contribution in [0.5, 0.6) is 0 Å². The SMILES string of the molecule is O=C(N[C@@H](Cc1cnc[nH]1)C(=O)N/N=C\c1ccccc1)OCc1ccccc1. The minimum absolute atomic E-state index is 0.108. The Labute approximate surface area is 168 Å². The molecule has 0 saturated carbocycles. The van der Waals surface area contributed by atoms with Gasteiger partial charge in [0.1, 0.15) is 12.6 Å². The van der Waals surface area contributed by atoms with Gasteiger partial charge in [-0.25, -0.2) is 15.2 Å². The number of carbonyl (C=O) groups excluding carboxylic acids is 2. The van der Waals surface area contributed by atoms with Crippen molar-refractivity contribution in [2.45, 2.75) is 19.1 Å². The molecule has 1 heterocycles. The maximum Gasteiger partial charge on any atom is 0.408 e. The zero-order valence-corrected chi connectivity index (χ0v) is 15.6. The Hall–Kier alpha value is -3.94. The third-order valence-corrected chi connectivity index (χ3v) is 3.99. The number of nitrogens with zero attached hydrogens (tertiary/aromatic N) is 2. The molecule has 0 unspecified atom stereocenters. The Morgan fingerprint density at radius 2 is 1.83 bits per heavy atom. The summed E-state index contributed by atoms with van der Waals surface area (Å²) in [7, 11) is 0. The number of rotatable bonds is 8. The molecule has 2 amide bonds. The predicted octanol–water partition coefficient (Wildman–Crippen LogP) is 2.40. The van der Waals surface area contributed by atoms with E-state index < -0.39 is 18.0 Å². The van der Waals surface area contributed by atoms with Crippen molar-refractivity contribution in [2.24, 2.45) is 5.10 Å². The summed E-state index contributed by atoms with van der Waals surface area (Å²) in [5.41, 5.74) is 4.84. The first-order valence-corrected chi connectivity index (χ1v) is 9.03.